The van der Waals surface area contributed by atoms with Gasteiger partial charge in [-0.05, 0) is 45.2 Å². The molecule has 22 heavy (non-hydrogen) atoms. The predicted octanol–water partition coefficient (Wildman–Crippen LogP) is 2.34. The van der Waals surface area contributed by atoms with Crippen LogP contribution in [-0.2, 0) is 13.1 Å². The summed E-state index contributed by atoms with van der Waals surface area (Å²) in [5.41, 5.74) is 0.642. The molecule has 0 bridgehead atoms. The van der Waals surface area contributed by atoms with Crippen LogP contribution in [0.25, 0.3) is 0 Å². The van der Waals surface area contributed by atoms with Gasteiger partial charge in [0.05, 0.1) is 6.20 Å². The Morgan fingerprint density at radius 1 is 1.14 bits per heavy atom. The van der Waals surface area contributed by atoms with Crippen molar-refractivity contribution in [3.8, 4) is 5.75 Å². The van der Waals surface area contributed by atoms with Crippen molar-refractivity contribution in [2.75, 3.05) is 19.7 Å². The fraction of sp³-hybridized carbons (Fsp3) is 0.706. The molecule has 0 atom stereocenters. The van der Waals surface area contributed by atoms with Crippen molar-refractivity contribution in [3.63, 3.8) is 0 Å². The minimum atomic E-state index is -0.311. The lowest BCUT2D eigenvalue weighted by Gasteiger charge is -2.23. The van der Waals surface area contributed by atoms with E-state index in [0.29, 0.717) is 0 Å². The summed E-state index contributed by atoms with van der Waals surface area (Å²) >= 11 is 0. The Bertz CT molecular complexity index is 479. The van der Waals surface area contributed by atoms with Crippen LogP contribution in [0.5, 0.6) is 5.75 Å². The third-order valence-electron chi connectivity index (χ3n) is 3.72. The number of nitrogens with zero attached hydrogens (tertiary/aromatic N) is 2. The maximum atomic E-state index is 11.8. The number of pyridine rings is 1. The molecule has 2 N–H and O–H groups in total. The van der Waals surface area contributed by atoms with Gasteiger partial charge in [0.1, 0.15) is 0 Å². The number of hydrogen-bond donors (Lipinski definition) is 2. The Morgan fingerprint density at radius 2 is 1.82 bits per heavy atom. The molecule has 1 aromatic rings. The zero-order valence-electron chi connectivity index (χ0n) is 13.9. The summed E-state index contributed by atoms with van der Waals surface area (Å²) in [7, 11) is 0. The Hall–Kier alpha value is -1.33. The second-order valence-corrected chi connectivity index (χ2v) is 5.77. The molecule has 5 nitrogen and oxygen atoms in total. The van der Waals surface area contributed by atoms with Crippen molar-refractivity contribution in [2.45, 2.75) is 59.0 Å². The van der Waals surface area contributed by atoms with Crippen molar-refractivity contribution in [1.29, 1.82) is 0 Å². The van der Waals surface area contributed by atoms with Gasteiger partial charge in [0.2, 0.25) is 5.43 Å². The maximum absolute atomic E-state index is 11.8. The second kappa shape index (κ2) is 10.4. The quantitative estimate of drug-likeness (QED) is 0.616. The SMILES string of the molecule is CCCN(CCC)Cc1cc(=O)c(O)cn1CCCCCO. The lowest BCUT2D eigenvalue weighted by Crippen LogP contribution is -2.27. The van der Waals surface area contributed by atoms with E-state index >= 15 is 0 Å². The number of aromatic nitrogens is 1. The first kappa shape index (κ1) is 18.7. The minimum Gasteiger partial charge on any atom is -0.503 e. The van der Waals surface area contributed by atoms with Gasteiger partial charge in [-0.3, -0.25) is 9.69 Å². The van der Waals surface area contributed by atoms with Gasteiger partial charge in [0, 0.05) is 31.5 Å². The van der Waals surface area contributed by atoms with Crippen LogP contribution >= 0.6 is 0 Å². The number of aliphatic hydroxyl groups excluding tert-OH is 1. The molecule has 1 rings (SSSR count). The molecule has 0 aliphatic carbocycles. The largest absolute Gasteiger partial charge is 0.503 e. The number of aryl methyl sites for hydroxylation is 1. The van der Waals surface area contributed by atoms with Gasteiger partial charge in [0.25, 0.3) is 0 Å². The summed E-state index contributed by atoms with van der Waals surface area (Å²) in [5.74, 6) is -0.191. The minimum absolute atomic E-state index is 0.191. The first-order valence-electron chi connectivity index (χ1n) is 8.37. The van der Waals surface area contributed by atoms with Crippen LogP contribution in [0, 0.1) is 0 Å². The Balaban J connectivity index is 2.84. The lowest BCUT2D eigenvalue weighted by atomic mass is 10.2. The Labute approximate surface area is 133 Å². The highest BCUT2D eigenvalue weighted by Crippen LogP contribution is 2.11. The smallest absolute Gasteiger partial charge is 0.223 e. The van der Waals surface area contributed by atoms with Crippen molar-refractivity contribution in [3.05, 3.63) is 28.2 Å². The second-order valence-electron chi connectivity index (χ2n) is 5.77. The predicted molar refractivity (Wildman–Crippen MR) is 89.2 cm³/mol. The van der Waals surface area contributed by atoms with Gasteiger partial charge in [0.15, 0.2) is 5.75 Å². The molecule has 1 heterocycles. The topological polar surface area (TPSA) is 65.7 Å². The number of unbranched alkanes of at least 4 members (excludes halogenated alkanes) is 2. The average Bonchev–Trinajstić information content (AvgIpc) is 2.48. The number of aliphatic hydroxyl groups is 1. The van der Waals surface area contributed by atoms with E-state index < -0.39 is 0 Å². The molecule has 0 unspecified atom stereocenters. The van der Waals surface area contributed by atoms with Crippen molar-refractivity contribution >= 4 is 0 Å². The Morgan fingerprint density at radius 3 is 2.41 bits per heavy atom. The molecular formula is C17H30N2O3. The van der Waals surface area contributed by atoms with Gasteiger partial charge < -0.3 is 14.8 Å². The van der Waals surface area contributed by atoms with Gasteiger partial charge in [-0.2, -0.15) is 0 Å². The molecule has 0 saturated carbocycles. The summed E-state index contributed by atoms with van der Waals surface area (Å²) in [6, 6.07) is 1.56. The van der Waals surface area contributed by atoms with Crippen LogP contribution in [0.3, 0.4) is 0 Å². The van der Waals surface area contributed by atoms with Crippen molar-refractivity contribution in [1.82, 2.24) is 9.47 Å². The van der Waals surface area contributed by atoms with E-state index in [1.807, 2.05) is 4.57 Å². The van der Waals surface area contributed by atoms with Crippen LogP contribution in [0.2, 0.25) is 0 Å². The molecule has 0 fully saturated rings. The molecule has 0 spiro atoms. The van der Waals surface area contributed by atoms with Crippen LogP contribution in [-0.4, -0.2) is 39.4 Å². The van der Waals surface area contributed by atoms with E-state index in [9.17, 15) is 9.90 Å². The molecular weight excluding hydrogens is 280 g/mol. The van der Waals surface area contributed by atoms with E-state index in [0.717, 1.165) is 64.0 Å². The molecule has 0 aliphatic heterocycles. The molecule has 0 aromatic carbocycles. The third-order valence-corrected chi connectivity index (χ3v) is 3.72. The summed E-state index contributed by atoms with van der Waals surface area (Å²) < 4.78 is 1.98. The molecule has 0 aliphatic rings. The van der Waals surface area contributed by atoms with Crippen LogP contribution in [0.15, 0.2) is 17.1 Å². The zero-order chi connectivity index (χ0) is 16.4. The molecule has 1 aromatic heterocycles. The maximum Gasteiger partial charge on any atom is 0.223 e. The summed E-state index contributed by atoms with van der Waals surface area (Å²) in [4.78, 5) is 14.1. The van der Waals surface area contributed by atoms with Gasteiger partial charge in [-0.25, -0.2) is 0 Å². The molecule has 0 amide bonds. The van der Waals surface area contributed by atoms with Gasteiger partial charge in [-0.1, -0.05) is 13.8 Å². The third kappa shape index (κ3) is 6.20. The van der Waals surface area contributed by atoms with Crippen molar-refractivity contribution < 1.29 is 10.2 Å². The van der Waals surface area contributed by atoms with E-state index in [4.69, 9.17) is 5.11 Å². The fourth-order valence-electron chi connectivity index (χ4n) is 2.65. The van der Waals surface area contributed by atoms with E-state index in [1.165, 1.54) is 0 Å². The summed E-state index contributed by atoms with van der Waals surface area (Å²) in [6.07, 6.45) is 6.37. The summed E-state index contributed by atoms with van der Waals surface area (Å²) in [5, 5.41) is 18.5. The van der Waals surface area contributed by atoms with Gasteiger partial charge >= 0.3 is 0 Å². The number of hydrogen-bond acceptors (Lipinski definition) is 4. The normalized spacial score (nSPS) is 11.3. The highest BCUT2D eigenvalue weighted by molar-refractivity contribution is 5.20. The van der Waals surface area contributed by atoms with Crippen LogP contribution < -0.4 is 5.43 Å². The standard InChI is InChI=1S/C17H30N2O3/c1-3-8-18(9-4-2)13-15-12-16(21)17(22)14-19(15)10-6-5-7-11-20/h12,14,20,22H,3-11,13H2,1-2H3. The highest BCUT2D eigenvalue weighted by Gasteiger charge is 2.10. The number of rotatable bonds is 11. The van der Waals surface area contributed by atoms with E-state index in [2.05, 4.69) is 18.7 Å². The monoisotopic (exact) mass is 310 g/mol. The Kier molecular flexibility index (Phi) is 8.85. The van der Waals surface area contributed by atoms with E-state index in [1.54, 1.807) is 12.3 Å². The van der Waals surface area contributed by atoms with Crippen molar-refractivity contribution in [2.24, 2.45) is 0 Å². The fourth-order valence-corrected chi connectivity index (χ4v) is 2.65. The van der Waals surface area contributed by atoms with E-state index in [-0.39, 0.29) is 17.8 Å². The molecule has 126 valence electrons. The number of aromatic hydroxyl groups is 1. The molecule has 0 saturated heterocycles. The van der Waals surface area contributed by atoms with Crippen LogP contribution in [0.4, 0.5) is 0 Å². The average molecular weight is 310 g/mol. The highest BCUT2D eigenvalue weighted by atomic mass is 16.3. The first-order valence-corrected chi connectivity index (χ1v) is 8.37. The van der Waals surface area contributed by atoms with Gasteiger partial charge in [-0.15, -0.1) is 0 Å². The lowest BCUT2D eigenvalue weighted by molar-refractivity contribution is 0.257. The molecule has 0 radical (unpaired) electrons. The zero-order valence-corrected chi connectivity index (χ0v) is 13.9. The summed E-state index contributed by atoms with van der Waals surface area (Å²) in [6.45, 7) is 8.03. The van der Waals surface area contributed by atoms with Crippen LogP contribution in [0.1, 0.15) is 51.6 Å². The molecule has 5 heteroatoms. The first-order chi connectivity index (χ1) is 10.6.